The number of phenols is 1. The maximum absolute atomic E-state index is 9.77. The lowest BCUT2D eigenvalue weighted by Gasteiger charge is -2.04. The van der Waals surface area contributed by atoms with Crippen molar-refractivity contribution in [1.29, 1.82) is 0 Å². The molecule has 1 aromatic carbocycles. The van der Waals surface area contributed by atoms with Crippen molar-refractivity contribution in [1.82, 2.24) is 9.78 Å². The SMILES string of the molecule is CCn1cc(-c2cc(OC)ccc2O)cn1. The van der Waals surface area contributed by atoms with Crippen LogP contribution in [0.2, 0.25) is 0 Å². The predicted molar refractivity (Wildman–Crippen MR) is 61.6 cm³/mol. The molecule has 2 aromatic rings. The average Bonchev–Trinajstić information content (AvgIpc) is 2.78. The van der Waals surface area contributed by atoms with Gasteiger partial charge in [-0.25, -0.2) is 0 Å². The van der Waals surface area contributed by atoms with Crippen molar-refractivity contribution < 1.29 is 9.84 Å². The Hall–Kier alpha value is -1.97. The Morgan fingerprint density at radius 3 is 2.88 bits per heavy atom. The third-order valence-corrected chi connectivity index (χ3v) is 2.47. The summed E-state index contributed by atoms with van der Waals surface area (Å²) < 4.78 is 6.94. The van der Waals surface area contributed by atoms with E-state index in [9.17, 15) is 5.11 Å². The number of methoxy groups -OCH3 is 1. The molecule has 0 bridgehead atoms. The van der Waals surface area contributed by atoms with E-state index in [1.165, 1.54) is 0 Å². The number of hydrogen-bond acceptors (Lipinski definition) is 3. The van der Waals surface area contributed by atoms with Crippen LogP contribution < -0.4 is 4.74 Å². The van der Waals surface area contributed by atoms with Gasteiger partial charge in [-0.15, -0.1) is 0 Å². The summed E-state index contributed by atoms with van der Waals surface area (Å²) >= 11 is 0. The molecule has 2 rings (SSSR count). The van der Waals surface area contributed by atoms with Crippen LogP contribution in [0.1, 0.15) is 6.92 Å². The van der Waals surface area contributed by atoms with Crippen LogP contribution in [-0.2, 0) is 6.54 Å². The van der Waals surface area contributed by atoms with Crippen molar-refractivity contribution in [2.24, 2.45) is 0 Å². The van der Waals surface area contributed by atoms with Crippen molar-refractivity contribution in [2.45, 2.75) is 13.5 Å². The van der Waals surface area contributed by atoms with E-state index in [1.807, 2.05) is 17.8 Å². The molecule has 0 aliphatic carbocycles. The third-order valence-electron chi connectivity index (χ3n) is 2.47. The summed E-state index contributed by atoms with van der Waals surface area (Å²) in [7, 11) is 1.60. The highest BCUT2D eigenvalue weighted by Gasteiger charge is 2.07. The molecular weight excluding hydrogens is 204 g/mol. The smallest absolute Gasteiger partial charge is 0.123 e. The Kier molecular flexibility index (Phi) is 2.81. The van der Waals surface area contributed by atoms with Crippen LogP contribution in [0.3, 0.4) is 0 Å². The molecule has 0 atom stereocenters. The fourth-order valence-electron chi connectivity index (χ4n) is 1.55. The van der Waals surface area contributed by atoms with Gasteiger partial charge in [0.05, 0.1) is 13.3 Å². The first-order chi connectivity index (χ1) is 7.74. The monoisotopic (exact) mass is 218 g/mol. The van der Waals surface area contributed by atoms with Crippen LogP contribution in [-0.4, -0.2) is 22.0 Å². The molecule has 84 valence electrons. The van der Waals surface area contributed by atoms with Gasteiger partial charge in [0.1, 0.15) is 11.5 Å². The molecule has 0 aliphatic heterocycles. The second-order valence-electron chi connectivity index (χ2n) is 3.47. The van der Waals surface area contributed by atoms with E-state index in [0.29, 0.717) is 0 Å². The summed E-state index contributed by atoms with van der Waals surface area (Å²) in [6.45, 7) is 2.83. The molecular formula is C12H14N2O2. The number of benzene rings is 1. The summed E-state index contributed by atoms with van der Waals surface area (Å²) in [6, 6.07) is 5.15. The number of aryl methyl sites for hydroxylation is 1. The van der Waals surface area contributed by atoms with E-state index < -0.39 is 0 Å². The van der Waals surface area contributed by atoms with Gasteiger partial charge in [-0.3, -0.25) is 4.68 Å². The third kappa shape index (κ3) is 1.86. The Morgan fingerprint density at radius 1 is 1.44 bits per heavy atom. The normalized spacial score (nSPS) is 10.4. The maximum atomic E-state index is 9.77. The van der Waals surface area contributed by atoms with Crippen LogP contribution in [0.5, 0.6) is 11.5 Å². The zero-order valence-corrected chi connectivity index (χ0v) is 9.34. The van der Waals surface area contributed by atoms with Crippen molar-refractivity contribution >= 4 is 0 Å². The average molecular weight is 218 g/mol. The second-order valence-corrected chi connectivity index (χ2v) is 3.47. The first-order valence-corrected chi connectivity index (χ1v) is 5.14. The van der Waals surface area contributed by atoms with Gasteiger partial charge in [0.15, 0.2) is 0 Å². The Labute approximate surface area is 94.1 Å². The molecule has 16 heavy (non-hydrogen) atoms. The van der Waals surface area contributed by atoms with Gasteiger partial charge in [-0.1, -0.05) is 0 Å². The maximum Gasteiger partial charge on any atom is 0.123 e. The fourth-order valence-corrected chi connectivity index (χ4v) is 1.55. The van der Waals surface area contributed by atoms with Gasteiger partial charge in [-0.2, -0.15) is 5.10 Å². The predicted octanol–water partition coefficient (Wildman–Crippen LogP) is 2.28. The highest BCUT2D eigenvalue weighted by Crippen LogP contribution is 2.32. The van der Waals surface area contributed by atoms with Crippen LogP contribution >= 0.6 is 0 Å². The molecule has 0 amide bonds. The Morgan fingerprint density at radius 2 is 2.25 bits per heavy atom. The molecule has 4 nitrogen and oxygen atoms in total. The largest absolute Gasteiger partial charge is 0.507 e. The van der Waals surface area contributed by atoms with Crippen LogP contribution in [0.4, 0.5) is 0 Å². The van der Waals surface area contributed by atoms with Crippen molar-refractivity contribution in [3.63, 3.8) is 0 Å². The van der Waals surface area contributed by atoms with E-state index >= 15 is 0 Å². The zero-order valence-electron chi connectivity index (χ0n) is 9.34. The lowest BCUT2D eigenvalue weighted by molar-refractivity contribution is 0.412. The van der Waals surface area contributed by atoms with Gasteiger partial charge >= 0.3 is 0 Å². The quantitative estimate of drug-likeness (QED) is 0.859. The number of aromatic hydroxyl groups is 1. The molecule has 0 fully saturated rings. The Balaban J connectivity index is 2.45. The highest BCUT2D eigenvalue weighted by molar-refractivity contribution is 5.70. The molecule has 1 aromatic heterocycles. The van der Waals surface area contributed by atoms with E-state index in [0.717, 1.165) is 23.4 Å². The van der Waals surface area contributed by atoms with Gasteiger partial charge in [0.2, 0.25) is 0 Å². The van der Waals surface area contributed by atoms with Crippen LogP contribution in [0, 0.1) is 0 Å². The summed E-state index contributed by atoms with van der Waals surface area (Å²) in [5.74, 6) is 0.952. The van der Waals surface area contributed by atoms with E-state index in [4.69, 9.17) is 4.74 Å². The lowest BCUT2D eigenvalue weighted by atomic mass is 10.1. The minimum absolute atomic E-state index is 0.233. The number of rotatable bonds is 3. The topological polar surface area (TPSA) is 47.3 Å². The minimum Gasteiger partial charge on any atom is -0.507 e. The molecule has 4 heteroatoms. The first kappa shape index (κ1) is 10.5. The molecule has 1 N–H and O–H groups in total. The standard InChI is InChI=1S/C12H14N2O2/c1-3-14-8-9(7-13-14)11-6-10(16-2)4-5-12(11)15/h4-8,15H,3H2,1-2H3. The van der Waals surface area contributed by atoms with Crippen LogP contribution in [0.15, 0.2) is 30.6 Å². The number of nitrogens with zero attached hydrogens (tertiary/aromatic N) is 2. The number of aromatic nitrogens is 2. The summed E-state index contributed by atoms with van der Waals surface area (Å²) in [5, 5.41) is 13.9. The fraction of sp³-hybridized carbons (Fsp3) is 0.250. The summed E-state index contributed by atoms with van der Waals surface area (Å²) in [4.78, 5) is 0. The van der Waals surface area contributed by atoms with Crippen LogP contribution in [0.25, 0.3) is 11.1 Å². The molecule has 0 saturated heterocycles. The second kappa shape index (κ2) is 4.26. The van der Waals surface area contributed by atoms with Crippen molar-refractivity contribution in [2.75, 3.05) is 7.11 Å². The Bertz CT molecular complexity index is 492. The zero-order chi connectivity index (χ0) is 11.5. The van der Waals surface area contributed by atoms with E-state index in [2.05, 4.69) is 5.10 Å². The number of phenolic OH excluding ortho intramolecular Hbond substituents is 1. The first-order valence-electron chi connectivity index (χ1n) is 5.14. The number of hydrogen-bond donors (Lipinski definition) is 1. The van der Waals surface area contributed by atoms with Crippen molar-refractivity contribution in [3.8, 4) is 22.6 Å². The molecule has 0 saturated carbocycles. The molecule has 0 unspecified atom stereocenters. The summed E-state index contributed by atoms with van der Waals surface area (Å²) in [6.07, 6.45) is 3.63. The minimum atomic E-state index is 0.233. The summed E-state index contributed by atoms with van der Waals surface area (Å²) in [5.41, 5.74) is 1.62. The molecule has 0 spiro atoms. The molecule has 1 heterocycles. The number of ether oxygens (including phenoxy) is 1. The highest BCUT2D eigenvalue weighted by atomic mass is 16.5. The molecule has 0 radical (unpaired) electrons. The molecule has 0 aliphatic rings. The van der Waals surface area contributed by atoms with Gasteiger partial charge in [-0.05, 0) is 25.1 Å². The van der Waals surface area contributed by atoms with Gasteiger partial charge in [0, 0.05) is 23.9 Å². The lowest BCUT2D eigenvalue weighted by Crippen LogP contribution is -1.92. The van der Waals surface area contributed by atoms with Gasteiger partial charge < -0.3 is 9.84 Å². The van der Waals surface area contributed by atoms with Gasteiger partial charge in [0.25, 0.3) is 0 Å². The van der Waals surface area contributed by atoms with E-state index in [1.54, 1.807) is 31.5 Å². The van der Waals surface area contributed by atoms with Crippen molar-refractivity contribution in [3.05, 3.63) is 30.6 Å². The van der Waals surface area contributed by atoms with E-state index in [-0.39, 0.29) is 5.75 Å².